The van der Waals surface area contributed by atoms with Crippen LogP contribution in [0.3, 0.4) is 0 Å². The van der Waals surface area contributed by atoms with Crippen LogP contribution in [0.25, 0.3) is 0 Å². The molecule has 1 aliphatic heterocycles. The summed E-state index contributed by atoms with van der Waals surface area (Å²) in [6.07, 6.45) is 1.78. The Bertz CT molecular complexity index is 111. The van der Waals surface area contributed by atoms with Crippen molar-refractivity contribution < 1.29 is 15.5 Å². The number of hydrogen-bond acceptors (Lipinski definition) is 3. The van der Waals surface area contributed by atoms with Crippen molar-refractivity contribution in [1.82, 2.24) is 5.32 Å². The van der Waals surface area contributed by atoms with Gasteiger partial charge in [0, 0.05) is 4.91 Å². The minimum atomic E-state index is -0.720. The van der Waals surface area contributed by atoms with Gasteiger partial charge in [-0.05, 0) is 25.0 Å². The molecule has 0 aliphatic carbocycles. The minimum absolute atomic E-state index is 0.269. The molecule has 10 heavy (non-hydrogen) atoms. The number of nitrogens with one attached hydrogen (secondary N) is 1. The maximum absolute atomic E-state index is 10.1. The van der Waals surface area contributed by atoms with Crippen LogP contribution in [-0.2, 0) is 4.79 Å². The molecule has 58 valence electrons. The molecule has 4 N–H and O–H groups in total. The summed E-state index contributed by atoms with van der Waals surface area (Å²) in [6.45, 7) is 0.858. The van der Waals surface area contributed by atoms with Gasteiger partial charge in [0.25, 0.3) is 0 Å². The highest BCUT2D eigenvalue weighted by atomic mass is 16.4. The number of carbonyl (C=O) groups is 1. The highest BCUT2D eigenvalue weighted by molar-refractivity contribution is 5.73. The summed E-state index contributed by atoms with van der Waals surface area (Å²) >= 11 is 0. The summed E-state index contributed by atoms with van der Waals surface area (Å²) in [5, 5.41) is 11.2. The number of aliphatic carboxylic acids is 1. The van der Waals surface area contributed by atoms with Gasteiger partial charge in [-0.15, -0.1) is 0 Å². The molecule has 0 amide bonds. The van der Waals surface area contributed by atoms with E-state index in [1.165, 1.54) is 0 Å². The molecule has 0 aromatic carbocycles. The van der Waals surface area contributed by atoms with E-state index in [9.17, 15) is 4.79 Å². The van der Waals surface area contributed by atoms with Crippen molar-refractivity contribution in [2.45, 2.75) is 18.9 Å². The molecule has 0 saturated carbocycles. The molecule has 1 atom stereocenters. The molecule has 0 bridgehead atoms. The standard InChI is InChI=1S/C5H9NO2.H2NO/c7-5(8)4-2-1-3-6-4;1-2/h4,6H,1-3H2,(H,7,8);1H2/q;+1/t4-;/m0./s1. The van der Waals surface area contributed by atoms with E-state index in [1.807, 2.05) is 0 Å². The number of nitrogens with two attached hydrogens (primary N) is 1. The van der Waals surface area contributed by atoms with Crippen LogP contribution in [0, 0.1) is 4.91 Å². The summed E-state index contributed by atoms with van der Waals surface area (Å²) < 4.78 is 0. The van der Waals surface area contributed by atoms with E-state index in [0.717, 1.165) is 19.4 Å². The summed E-state index contributed by atoms with van der Waals surface area (Å²) in [5.41, 5.74) is 3.25. The molecule has 1 rings (SSSR count). The van der Waals surface area contributed by atoms with Crippen LogP contribution < -0.4 is 10.9 Å². The maximum Gasteiger partial charge on any atom is 0.320 e. The van der Waals surface area contributed by atoms with Gasteiger partial charge in [-0.3, -0.25) is 4.79 Å². The van der Waals surface area contributed by atoms with Crippen molar-refractivity contribution in [1.29, 1.82) is 0 Å². The minimum Gasteiger partial charge on any atom is -0.480 e. The van der Waals surface area contributed by atoms with Gasteiger partial charge in [0.15, 0.2) is 0 Å². The highest BCUT2D eigenvalue weighted by Gasteiger charge is 2.20. The third-order valence-corrected chi connectivity index (χ3v) is 1.36. The first-order valence-electron chi connectivity index (χ1n) is 3.00. The smallest absolute Gasteiger partial charge is 0.320 e. The van der Waals surface area contributed by atoms with Gasteiger partial charge in [-0.2, -0.15) is 0 Å². The zero-order valence-corrected chi connectivity index (χ0v) is 5.54. The lowest BCUT2D eigenvalue weighted by Crippen LogP contribution is -2.29. The van der Waals surface area contributed by atoms with E-state index >= 15 is 0 Å². The Balaban J connectivity index is 0.000000371. The van der Waals surface area contributed by atoms with E-state index in [4.69, 9.17) is 10.0 Å². The first kappa shape index (κ1) is 9.03. The molecular weight excluding hydrogens is 136 g/mol. The van der Waals surface area contributed by atoms with E-state index in [0.29, 0.717) is 0 Å². The third kappa shape index (κ3) is 2.54. The van der Waals surface area contributed by atoms with Gasteiger partial charge in [-0.1, -0.05) is 0 Å². The van der Waals surface area contributed by atoms with Crippen molar-refractivity contribution in [3.8, 4) is 0 Å². The number of hydrogen-bond donors (Lipinski definition) is 3. The van der Waals surface area contributed by atoms with Gasteiger partial charge in [0.1, 0.15) is 6.04 Å². The lowest BCUT2D eigenvalue weighted by atomic mass is 10.2. The van der Waals surface area contributed by atoms with E-state index in [1.54, 1.807) is 0 Å². The topological polar surface area (TPSA) is 92.0 Å². The molecule has 0 aromatic heterocycles. The van der Waals surface area contributed by atoms with Crippen LogP contribution in [0.15, 0.2) is 0 Å². The number of rotatable bonds is 1. The molecule has 0 unspecified atom stereocenters. The van der Waals surface area contributed by atoms with Crippen LogP contribution in [-0.4, -0.2) is 23.7 Å². The van der Waals surface area contributed by atoms with Crippen molar-refractivity contribution in [3.05, 3.63) is 4.91 Å². The van der Waals surface area contributed by atoms with Gasteiger partial charge >= 0.3 is 5.97 Å². The second-order valence-electron chi connectivity index (χ2n) is 1.99. The Morgan fingerprint density at radius 1 is 1.60 bits per heavy atom. The third-order valence-electron chi connectivity index (χ3n) is 1.36. The lowest BCUT2D eigenvalue weighted by Gasteiger charge is -1.99. The normalized spacial score (nSPS) is 23.0. The Kier molecular flexibility index (Phi) is 4.39. The Hall–Kier alpha value is -0.970. The molecule has 0 aromatic rings. The van der Waals surface area contributed by atoms with Gasteiger partial charge in [-0.25, -0.2) is 0 Å². The average molecular weight is 147 g/mol. The molecule has 1 aliphatic rings. The van der Waals surface area contributed by atoms with Gasteiger partial charge in [0.2, 0.25) is 0 Å². The number of carboxylic acids is 1. The Labute approximate surface area is 58.2 Å². The summed E-state index contributed by atoms with van der Waals surface area (Å²) in [5.74, 6) is -0.720. The fourth-order valence-electron chi connectivity index (χ4n) is 0.895. The summed E-state index contributed by atoms with van der Waals surface area (Å²) in [4.78, 5) is 17.9. The molecule has 1 saturated heterocycles. The second-order valence-corrected chi connectivity index (χ2v) is 1.99. The quantitative estimate of drug-likeness (QED) is 0.413. The summed E-state index contributed by atoms with van der Waals surface area (Å²) in [7, 11) is 0. The monoisotopic (exact) mass is 147 g/mol. The van der Waals surface area contributed by atoms with Crippen LogP contribution in [0.2, 0.25) is 0 Å². The van der Waals surface area contributed by atoms with Gasteiger partial charge in [0.05, 0.1) is 0 Å². The van der Waals surface area contributed by atoms with Gasteiger partial charge < -0.3 is 10.4 Å². The molecule has 1 heterocycles. The molecule has 5 heteroatoms. The Morgan fingerprint density at radius 2 is 2.20 bits per heavy atom. The highest BCUT2D eigenvalue weighted by Crippen LogP contribution is 2.03. The molecule has 0 spiro atoms. The summed E-state index contributed by atoms with van der Waals surface area (Å²) in [6, 6.07) is -0.269. The first-order chi connectivity index (χ1) is 4.80. The molecule has 1 fully saturated rings. The zero-order valence-electron chi connectivity index (χ0n) is 5.54. The van der Waals surface area contributed by atoms with E-state index < -0.39 is 5.97 Å². The molecule has 0 radical (unpaired) electrons. The fourth-order valence-corrected chi connectivity index (χ4v) is 0.895. The zero-order chi connectivity index (χ0) is 7.98. The maximum atomic E-state index is 10.1. The largest absolute Gasteiger partial charge is 0.480 e. The Morgan fingerprint density at radius 3 is 2.40 bits per heavy atom. The van der Waals surface area contributed by atoms with Crippen molar-refractivity contribution in [2.75, 3.05) is 6.54 Å². The second kappa shape index (κ2) is 4.87. The van der Waals surface area contributed by atoms with Crippen molar-refractivity contribution in [2.24, 2.45) is 0 Å². The van der Waals surface area contributed by atoms with Crippen LogP contribution in [0.1, 0.15) is 12.8 Å². The van der Waals surface area contributed by atoms with Crippen LogP contribution >= 0.6 is 0 Å². The van der Waals surface area contributed by atoms with Crippen molar-refractivity contribution in [3.63, 3.8) is 0 Å². The van der Waals surface area contributed by atoms with Crippen LogP contribution in [0.5, 0.6) is 0 Å². The SMILES string of the molecule is O=C(O)[C@@H]1CCCN1.[NH2+]=O. The fraction of sp³-hybridized carbons (Fsp3) is 0.800. The number of nitroso groups, excluding NO2 is 1. The molecular formula is C5H11N2O3+. The first-order valence-corrected chi connectivity index (χ1v) is 3.00. The predicted octanol–water partition coefficient (Wildman–Crippen LogP) is -1.67. The predicted molar refractivity (Wildman–Crippen MR) is 34.0 cm³/mol. The number of carboxylic acid groups (broad SMARTS) is 1. The lowest BCUT2D eigenvalue weighted by molar-refractivity contribution is -0.143. The van der Waals surface area contributed by atoms with Crippen molar-refractivity contribution >= 4 is 5.97 Å². The molecule has 5 nitrogen and oxygen atoms in total. The van der Waals surface area contributed by atoms with E-state index in [2.05, 4.69) is 10.9 Å². The van der Waals surface area contributed by atoms with Crippen LogP contribution in [0.4, 0.5) is 0 Å². The van der Waals surface area contributed by atoms with E-state index in [-0.39, 0.29) is 6.04 Å². The average Bonchev–Trinajstić information content (AvgIpc) is 2.42.